The molecule has 3 heterocycles. The highest BCUT2D eigenvalue weighted by Crippen LogP contribution is 2.34. The number of halogens is 2. The third kappa shape index (κ3) is 4.08. The van der Waals surface area contributed by atoms with Gasteiger partial charge in [0, 0.05) is 24.4 Å². The lowest BCUT2D eigenvalue weighted by molar-refractivity contribution is 0.0561. The maximum Gasteiger partial charge on any atom is 0.172 e. The van der Waals surface area contributed by atoms with Gasteiger partial charge < -0.3 is 19.0 Å². The molecule has 2 aromatic carbocycles. The van der Waals surface area contributed by atoms with Crippen LogP contribution in [0.2, 0.25) is 0 Å². The first-order chi connectivity index (χ1) is 16.0. The number of aromatic nitrogens is 2. The number of piperidine rings is 1. The quantitative estimate of drug-likeness (QED) is 0.559. The van der Waals surface area contributed by atoms with Crippen molar-refractivity contribution in [2.45, 2.75) is 25.8 Å². The van der Waals surface area contributed by atoms with Gasteiger partial charge in [0.1, 0.15) is 24.0 Å². The first kappa shape index (κ1) is 21.2. The highest BCUT2D eigenvalue weighted by Gasteiger charge is 2.34. The standard InChI is InChI=1S/C25H24F2N4O2/c1-16-13-30(15-28-16)22-8-5-17(11-24(22)32-2)10-18-4-3-9-31-23(14-33-29-25(18)31)20-7-6-19(26)12-21(20)27/h5-8,10-13,15,23H,3-4,9,14H2,1-2H3/t23-/m1/s1. The van der Waals surface area contributed by atoms with Crippen LogP contribution in [0.1, 0.15) is 35.7 Å². The number of nitrogens with zero attached hydrogens (tertiary/aromatic N) is 4. The Morgan fingerprint density at radius 2 is 2.06 bits per heavy atom. The van der Waals surface area contributed by atoms with E-state index < -0.39 is 11.6 Å². The van der Waals surface area contributed by atoms with Crippen LogP contribution < -0.4 is 4.74 Å². The van der Waals surface area contributed by atoms with Gasteiger partial charge >= 0.3 is 0 Å². The van der Waals surface area contributed by atoms with Crippen molar-refractivity contribution in [3.8, 4) is 11.4 Å². The molecule has 0 N–H and O–H groups in total. The highest BCUT2D eigenvalue weighted by molar-refractivity contribution is 6.03. The van der Waals surface area contributed by atoms with Gasteiger partial charge in [-0.1, -0.05) is 17.3 Å². The van der Waals surface area contributed by atoms with Crippen LogP contribution >= 0.6 is 0 Å². The second-order valence-corrected chi connectivity index (χ2v) is 8.21. The molecule has 1 atom stereocenters. The molecule has 33 heavy (non-hydrogen) atoms. The predicted molar refractivity (Wildman–Crippen MR) is 121 cm³/mol. The molecule has 2 aliphatic rings. The summed E-state index contributed by atoms with van der Waals surface area (Å²) in [5.74, 6) is 0.248. The second-order valence-electron chi connectivity index (χ2n) is 8.21. The molecular formula is C25H24F2N4O2. The molecule has 0 bridgehead atoms. The number of fused-ring (bicyclic) bond motifs is 1. The average Bonchev–Trinajstić information content (AvgIpc) is 3.25. The zero-order chi connectivity index (χ0) is 22.9. The first-order valence-electron chi connectivity index (χ1n) is 10.8. The summed E-state index contributed by atoms with van der Waals surface area (Å²) in [6.07, 6.45) is 7.48. The molecule has 1 fully saturated rings. The fraction of sp³-hybridized carbons (Fsp3) is 0.280. The van der Waals surface area contributed by atoms with Gasteiger partial charge in [0.2, 0.25) is 0 Å². The summed E-state index contributed by atoms with van der Waals surface area (Å²) in [7, 11) is 1.64. The topological polar surface area (TPSA) is 51.9 Å². The fourth-order valence-electron chi connectivity index (χ4n) is 4.43. The van der Waals surface area contributed by atoms with Crippen molar-refractivity contribution in [1.82, 2.24) is 14.5 Å². The molecule has 6 nitrogen and oxygen atoms in total. The van der Waals surface area contributed by atoms with Crippen molar-refractivity contribution < 1.29 is 18.4 Å². The number of rotatable bonds is 4. The van der Waals surface area contributed by atoms with Crippen molar-refractivity contribution >= 4 is 11.9 Å². The van der Waals surface area contributed by atoms with E-state index in [1.54, 1.807) is 13.4 Å². The van der Waals surface area contributed by atoms with Crippen LogP contribution in [0.3, 0.4) is 0 Å². The van der Waals surface area contributed by atoms with E-state index in [1.165, 1.54) is 12.1 Å². The number of amidine groups is 1. The summed E-state index contributed by atoms with van der Waals surface area (Å²) in [4.78, 5) is 11.8. The smallest absolute Gasteiger partial charge is 0.172 e. The zero-order valence-electron chi connectivity index (χ0n) is 18.5. The van der Waals surface area contributed by atoms with Crippen LogP contribution in [-0.2, 0) is 4.84 Å². The Labute approximate surface area is 190 Å². The Hall–Kier alpha value is -3.68. The Morgan fingerprint density at radius 1 is 1.18 bits per heavy atom. The Morgan fingerprint density at radius 3 is 2.82 bits per heavy atom. The van der Waals surface area contributed by atoms with E-state index in [2.05, 4.69) is 21.1 Å². The minimum atomic E-state index is -0.593. The molecule has 3 aromatic rings. The van der Waals surface area contributed by atoms with E-state index in [0.717, 1.165) is 53.7 Å². The van der Waals surface area contributed by atoms with Gasteiger partial charge in [-0.3, -0.25) is 0 Å². The maximum atomic E-state index is 14.5. The van der Waals surface area contributed by atoms with Crippen molar-refractivity contribution in [1.29, 1.82) is 0 Å². The third-order valence-corrected chi connectivity index (χ3v) is 6.02. The molecule has 170 valence electrons. The number of aryl methyl sites for hydroxylation is 1. The Bertz CT molecular complexity index is 1250. The average molecular weight is 450 g/mol. The lowest BCUT2D eigenvalue weighted by Crippen LogP contribution is -2.44. The van der Waals surface area contributed by atoms with Gasteiger partial charge in [0.15, 0.2) is 5.84 Å². The van der Waals surface area contributed by atoms with E-state index in [9.17, 15) is 8.78 Å². The largest absolute Gasteiger partial charge is 0.495 e. The van der Waals surface area contributed by atoms with E-state index >= 15 is 0 Å². The van der Waals surface area contributed by atoms with E-state index in [0.29, 0.717) is 11.4 Å². The molecule has 8 heteroatoms. The van der Waals surface area contributed by atoms with Crippen LogP contribution in [-0.4, -0.2) is 40.5 Å². The zero-order valence-corrected chi connectivity index (χ0v) is 18.5. The van der Waals surface area contributed by atoms with Crippen molar-refractivity contribution in [3.63, 3.8) is 0 Å². The first-order valence-corrected chi connectivity index (χ1v) is 10.8. The number of oxime groups is 1. The second kappa shape index (κ2) is 8.69. The van der Waals surface area contributed by atoms with Gasteiger partial charge in [-0.05, 0) is 55.2 Å². The number of imidazole rings is 1. The van der Waals surface area contributed by atoms with Crippen molar-refractivity contribution in [3.05, 3.63) is 83.0 Å². The summed E-state index contributed by atoms with van der Waals surface area (Å²) in [5, 5.41) is 4.30. The number of ether oxygens (including phenoxy) is 1. The van der Waals surface area contributed by atoms with Crippen LogP contribution in [0.5, 0.6) is 5.75 Å². The summed E-state index contributed by atoms with van der Waals surface area (Å²) < 4.78 is 35.5. The molecule has 5 rings (SSSR count). The molecule has 0 saturated carbocycles. The number of benzene rings is 2. The molecule has 1 saturated heterocycles. The van der Waals surface area contributed by atoms with Crippen LogP contribution in [0.4, 0.5) is 8.78 Å². The van der Waals surface area contributed by atoms with Gasteiger partial charge in [0.05, 0.1) is 30.9 Å². The van der Waals surface area contributed by atoms with Gasteiger partial charge in [0.25, 0.3) is 0 Å². The minimum absolute atomic E-state index is 0.214. The summed E-state index contributed by atoms with van der Waals surface area (Å²) in [6.45, 7) is 2.88. The van der Waals surface area contributed by atoms with E-state index in [-0.39, 0.29) is 12.6 Å². The Balaban J connectivity index is 1.46. The van der Waals surface area contributed by atoms with E-state index in [1.807, 2.05) is 35.9 Å². The number of methoxy groups -OCH3 is 1. The SMILES string of the molecule is COc1cc(C=C2CCCN3C2=NOC[C@@H]3c2ccc(F)cc2F)ccc1-n1cnc(C)c1. The molecular weight excluding hydrogens is 426 g/mol. The molecule has 0 aliphatic carbocycles. The van der Waals surface area contributed by atoms with E-state index in [4.69, 9.17) is 9.57 Å². The molecule has 0 unspecified atom stereocenters. The summed E-state index contributed by atoms with van der Waals surface area (Å²) in [6, 6.07) is 9.29. The van der Waals surface area contributed by atoms with Crippen molar-refractivity contribution in [2.75, 3.05) is 20.3 Å². The maximum absolute atomic E-state index is 14.5. The monoisotopic (exact) mass is 450 g/mol. The molecule has 0 spiro atoms. The minimum Gasteiger partial charge on any atom is -0.495 e. The summed E-state index contributed by atoms with van der Waals surface area (Å²) in [5.41, 5.74) is 4.19. The van der Waals surface area contributed by atoms with Gasteiger partial charge in [-0.2, -0.15) is 0 Å². The molecule has 0 radical (unpaired) electrons. The fourth-order valence-corrected chi connectivity index (χ4v) is 4.43. The van der Waals surface area contributed by atoms with Crippen LogP contribution in [0.25, 0.3) is 11.8 Å². The molecule has 0 amide bonds. The predicted octanol–water partition coefficient (Wildman–Crippen LogP) is 5.03. The summed E-state index contributed by atoms with van der Waals surface area (Å²) >= 11 is 0. The lowest BCUT2D eigenvalue weighted by Gasteiger charge is -2.40. The van der Waals surface area contributed by atoms with Crippen LogP contribution in [0, 0.1) is 18.6 Å². The lowest BCUT2D eigenvalue weighted by atomic mass is 9.95. The molecule has 1 aromatic heterocycles. The highest BCUT2D eigenvalue weighted by atomic mass is 19.1. The molecule has 2 aliphatic heterocycles. The third-order valence-electron chi connectivity index (χ3n) is 6.02. The number of hydrogen-bond acceptors (Lipinski definition) is 5. The van der Waals surface area contributed by atoms with Gasteiger partial charge in [-0.25, -0.2) is 13.8 Å². The van der Waals surface area contributed by atoms with Gasteiger partial charge in [-0.15, -0.1) is 0 Å². The Kier molecular flexibility index (Phi) is 5.58. The van der Waals surface area contributed by atoms with Crippen molar-refractivity contribution in [2.24, 2.45) is 5.16 Å². The normalized spacial score (nSPS) is 19.2. The number of hydrogen-bond donors (Lipinski definition) is 0. The van der Waals surface area contributed by atoms with Crippen LogP contribution in [0.15, 0.2) is 59.7 Å².